The summed E-state index contributed by atoms with van der Waals surface area (Å²) < 4.78 is 0. The van der Waals surface area contributed by atoms with Gasteiger partial charge in [-0.3, -0.25) is 0 Å². The molecule has 0 amide bonds. The first-order valence-electron chi connectivity index (χ1n) is 4.73. The molecule has 0 aromatic carbocycles. The largest absolute Gasteiger partial charge is 0.0747 e. The van der Waals surface area contributed by atoms with Crippen LogP contribution in [0.2, 0.25) is 0 Å². The van der Waals surface area contributed by atoms with E-state index < -0.39 is 0 Å². The zero-order chi connectivity index (χ0) is 8.85. The van der Waals surface area contributed by atoms with E-state index in [1.54, 1.807) is 11.1 Å². The predicted octanol–water partition coefficient (Wildman–Crippen LogP) is 4.17. The van der Waals surface area contributed by atoms with E-state index in [9.17, 15) is 0 Å². The molecule has 0 aliphatic carbocycles. The second-order valence-corrected chi connectivity index (χ2v) is 3.85. The maximum Gasteiger partial charge on any atom is -0.0318 e. The van der Waals surface area contributed by atoms with Crippen molar-refractivity contribution in [2.45, 2.75) is 53.9 Å². The summed E-state index contributed by atoms with van der Waals surface area (Å²) >= 11 is 0. The summed E-state index contributed by atoms with van der Waals surface area (Å²) in [6, 6.07) is 0. The maximum absolute atomic E-state index is 2.29. The van der Waals surface area contributed by atoms with Crippen molar-refractivity contribution >= 4 is 0 Å². The minimum absolute atomic E-state index is 0.842. The van der Waals surface area contributed by atoms with E-state index in [4.69, 9.17) is 0 Å². The van der Waals surface area contributed by atoms with Gasteiger partial charge in [0.2, 0.25) is 0 Å². The van der Waals surface area contributed by atoms with Gasteiger partial charge in [0.25, 0.3) is 0 Å². The van der Waals surface area contributed by atoms with Gasteiger partial charge in [-0.05, 0) is 39.0 Å². The Balaban J connectivity index is 3.76. The molecule has 0 heteroatoms. The van der Waals surface area contributed by atoms with E-state index in [0.29, 0.717) is 0 Å². The highest BCUT2D eigenvalue weighted by atomic mass is 14.0. The van der Waals surface area contributed by atoms with E-state index in [0.717, 1.165) is 5.92 Å². The van der Waals surface area contributed by atoms with E-state index in [2.05, 4.69) is 34.6 Å². The Morgan fingerprint density at radius 3 is 2.00 bits per heavy atom. The van der Waals surface area contributed by atoms with Crippen LogP contribution in [-0.4, -0.2) is 0 Å². The smallest absolute Gasteiger partial charge is 0.0318 e. The lowest BCUT2D eigenvalue weighted by atomic mass is 9.99. The molecule has 0 rings (SSSR count). The first-order valence-corrected chi connectivity index (χ1v) is 4.73. The Bertz CT molecular complexity index is 129. The molecule has 0 spiro atoms. The Morgan fingerprint density at radius 1 is 1.09 bits per heavy atom. The molecule has 0 aromatic rings. The summed E-state index contributed by atoms with van der Waals surface area (Å²) in [4.78, 5) is 0. The minimum Gasteiger partial charge on any atom is -0.0747 e. The van der Waals surface area contributed by atoms with Crippen molar-refractivity contribution < 1.29 is 0 Å². The van der Waals surface area contributed by atoms with Crippen LogP contribution in [0.4, 0.5) is 0 Å². The third kappa shape index (κ3) is 5.06. The summed E-state index contributed by atoms with van der Waals surface area (Å²) in [5.74, 6) is 0.842. The second kappa shape index (κ2) is 5.40. The molecule has 0 N–H and O–H groups in total. The molecule has 0 saturated carbocycles. The summed E-state index contributed by atoms with van der Waals surface area (Å²) in [5.41, 5.74) is 3.17. The fourth-order valence-corrected chi connectivity index (χ4v) is 1.02. The van der Waals surface area contributed by atoms with Crippen molar-refractivity contribution in [3.63, 3.8) is 0 Å². The lowest BCUT2D eigenvalue weighted by Crippen LogP contribution is -1.89. The Labute approximate surface area is 71.7 Å². The molecular weight excluding hydrogens is 132 g/mol. The first kappa shape index (κ1) is 10.7. The fraction of sp³-hybridized carbons (Fsp3) is 0.818. The normalized spacial score (nSPS) is 13.6. The zero-order valence-corrected chi connectivity index (χ0v) is 8.70. The van der Waals surface area contributed by atoms with Gasteiger partial charge in [0.05, 0.1) is 0 Å². The minimum atomic E-state index is 0.842. The van der Waals surface area contributed by atoms with Crippen molar-refractivity contribution in [1.82, 2.24) is 0 Å². The molecule has 0 heterocycles. The third-order valence-electron chi connectivity index (χ3n) is 2.36. The Hall–Kier alpha value is -0.260. The van der Waals surface area contributed by atoms with Gasteiger partial charge in [-0.2, -0.15) is 0 Å². The van der Waals surface area contributed by atoms with E-state index >= 15 is 0 Å². The van der Waals surface area contributed by atoms with E-state index in [1.807, 2.05) is 0 Å². The summed E-state index contributed by atoms with van der Waals surface area (Å²) in [6.07, 6.45) is 3.84. The van der Waals surface area contributed by atoms with Gasteiger partial charge in [-0.15, -0.1) is 0 Å². The van der Waals surface area contributed by atoms with Gasteiger partial charge in [0, 0.05) is 0 Å². The van der Waals surface area contributed by atoms with Gasteiger partial charge in [-0.1, -0.05) is 31.9 Å². The van der Waals surface area contributed by atoms with E-state index in [1.165, 1.54) is 19.3 Å². The average Bonchev–Trinajstić information content (AvgIpc) is 1.98. The van der Waals surface area contributed by atoms with Crippen molar-refractivity contribution in [2.24, 2.45) is 5.92 Å². The molecule has 0 nitrogen and oxygen atoms in total. The standard InChI is InChI=1S/C11H22/c1-6-10(4)11(5)8-7-9(2)3/h9H,6-8H2,1-5H3/b11-10-. The van der Waals surface area contributed by atoms with Crippen LogP contribution < -0.4 is 0 Å². The molecule has 0 unspecified atom stereocenters. The second-order valence-electron chi connectivity index (χ2n) is 3.85. The number of hydrogen-bond acceptors (Lipinski definition) is 0. The highest BCUT2D eigenvalue weighted by Gasteiger charge is 1.97. The molecule has 66 valence electrons. The van der Waals surface area contributed by atoms with Crippen LogP contribution >= 0.6 is 0 Å². The summed E-state index contributed by atoms with van der Waals surface area (Å²) in [6.45, 7) is 11.3. The van der Waals surface area contributed by atoms with Gasteiger partial charge >= 0.3 is 0 Å². The SMILES string of the molecule is CC/C(C)=C(/C)CCC(C)C. The van der Waals surface area contributed by atoms with Crippen molar-refractivity contribution in [2.75, 3.05) is 0 Å². The first-order chi connectivity index (χ1) is 5.07. The number of allylic oxidation sites excluding steroid dienone is 2. The van der Waals surface area contributed by atoms with Crippen molar-refractivity contribution in [3.8, 4) is 0 Å². The highest BCUT2D eigenvalue weighted by molar-refractivity contribution is 5.08. The lowest BCUT2D eigenvalue weighted by molar-refractivity contribution is 0.582. The Morgan fingerprint density at radius 2 is 1.64 bits per heavy atom. The lowest BCUT2D eigenvalue weighted by Gasteiger charge is -2.07. The van der Waals surface area contributed by atoms with Gasteiger partial charge in [0.15, 0.2) is 0 Å². The third-order valence-corrected chi connectivity index (χ3v) is 2.36. The fourth-order valence-electron chi connectivity index (χ4n) is 1.02. The molecule has 0 aliphatic heterocycles. The molecule has 0 fully saturated rings. The molecule has 0 atom stereocenters. The van der Waals surface area contributed by atoms with Crippen molar-refractivity contribution in [3.05, 3.63) is 11.1 Å². The van der Waals surface area contributed by atoms with Gasteiger partial charge < -0.3 is 0 Å². The molecule has 0 aromatic heterocycles. The monoisotopic (exact) mass is 154 g/mol. The van der Waals surface area contributed by atoms with Crippen molar-refractivity contribution in [1.29, 1.82) is 0 Å². The van der Waals surface area contributed by atoms with Crippen LogP contribution in [0.5, 0.6) is 0 Å². The molecule has 0 bridgehead atoms. The molecule has 0 radical (unpaired) electrons. The predicted molar refractivity (Wildman–Crippen MR) is 52.7 cm³/mol. The van der Waals surface area contributed by atoms with Crippen LogP contribution in [0.25, 0.3) is 0 Å². The Kier molecular flexibility index (Phi) is 5.27. The summed E-state index contributed by atoms with van der Waals surface area (Å²) in [5, 5.41) is 0. The van der Waals surface area contributed by atoms with E-state index in [-0.39, 0.29) is 0 Å². The highest BCUT2D eigenvalue weighted by Crippen LogP contribution is 2.15. The molecule has 0 aliphatic rings. The van der Waals surface area contributed by atoms with Crippen LogP contribution in [0, 0.1) is 5.92 Å². The number of hydrogen-bond donors (Lipinski definition) is 0. The molecule has 0 saturated heterocycles. The number of rotatable bonds is 4. The maximum atomic E-state index is 2.29. The topological polar surface area (TPSA) is 0 Å². The molecule has 11 heavy (non-hydrogen) atoms. The van der Waals surface area contributed by atoms with Crippen LogP contribution in [0.1, 0.15) is 53.9 Å². The quantitative estimate of drug-likeness (QED) is 0.533. The summed E-state index contributed by atoms with van der Waals surface area (Å²) in [7, 11) is 0. The van der Waals surface area contributed by atoms with Gasteiger partial charge in [0.1, 0.15) is 0 Å². The average molecular weight is 154 g/mol. The molecular formula is C11H22. The zero-order valence-electron chi connectivity index (χ0n) is 8.70. The van der Waals surface area contributed by atoms with Crippen LogP contribution in [0.3, 0.4) is 0 Å². The van der Waals surface area contributed by atoms with Gasteiger partial charge in [-0.25, -0.2) is 0 Å². The van der Waals surface area contributed by atoms with Crippen LogP contribution in [-0.2, 0) is 0 Å². The van der Waals surface area contributed by atoms with Crippen LogP contribution in [0.15, 0.2) is 11.1 Å².